The van der Waals surface area contributed by atoms with Crippen LogP contribution < -0.4 is 4.74 Å². The zero-order chi connectivity index (χ0) is 37.4. The summed E-state index contributed by atoms with van der Waals surface area (Å²) in [6, 6.07) is 29.3. The number of aliphatic hydroxyl groups excluding tert-OH is 1. The number of benzene rings is 3. The first-order valence-electron chi connectivity index (χ1n) is 21.0. The molecule has 0 aliphatic heterocycles. The summed E-state index contributed by atoms with van der Waals surface area (Å²) in [6.45, 7) is 4.94. The number of methoxy groups -OCH3 is 1. The summed E-state index contributed by atoms with van der Waals surface area (Å²) in [6.07, 6.45) is 22.4. The van der Waals surface area contributed by atoms with Crippen molar-refractivity contribution in [1.82, 2.24) is 0 Å². The van der Waals surface area contributed by atoms with Crippen LogP contribution in [0.4, 0.5) is 0 Å². The van der Waals surface area contributed by atoms with Gasteiger partial charge in [-0.25, -0.2) is 0 Å². The third kappa shape index (κ3) is 20.5. The van der Waals surface area contributed by atoms with E-state index in [-0.39, 0.29) is 25.2 Å². The standard InChI is InChI=1S/C47H72O6/c1-3-4-5-6-7-8-9-10-11-12-13-14-15-16-17-24-31-44(49-2)40-52-39-43(48)38-51-35-34-50-36-37-53-46-33-26-25-32-45(46)47(41-27-20-18-21-28-41)42-29-22-19-23-30-42/h18-23,25-30,32-33,43-44,47-48H,3-17,24,31,34-40H2,1-2H3. The minimum absolute atomic E-state index is 0.0694. The molecule has 0 saturated heterocycles. The van der Waals surface area contributed by atoms with Crippen LogP contribution in [0.1, 0.15) is 139 Å². The van der Waals surface area contributed by atoms with Crippen LogP contribution in [0.2, 0.25) is 0 Å². The Labute approximate surface area is 322 Å². The molecule has 0 fully saturated rings. The van der Waals surface area contributed by atoms with Crippen molar-refractivity contribution in [3.05, 3.63) is 102 Å². The Hall–Kier alpha value is -2.74. The van der Waals surface area contributed by atoms with Crippen LogP contribution in [0, 0.1) is 0 Å². The molecule has 6 heteroatoms. The van der Waals surface area contributed by atoms with Crippen LogP contribution in [0.15, 0.2) is 84.9 Å². The molecule has 0 heterocycles. The lowest BCUT2D eigenvalue weighted by atomic mass is 9.85. The van der Waals surface area contributed by atoms with E-state index in [0.29, 0.717) is 33.0 Å². The number of para-hydroxylation sites is 1. The van der Waals surface area contributed by atoms with Crippen molar-refractivity contribution >= 4 is 0 Å². The molecule has 0 saturated carbocycles. The summed E-state index contributed by atoms with van der Waals surface area (Å²) < 4.78 is 29.0. The molecule has 2 unspecified atom stereocenters. The molecule has 3 rings (SSSR count). The molecule has 0 spiro atoms. The van der Waals surface area contributed by atoms with Gasteiger partial charge in [0.2, 0.25) is 0 Å². The quantitative estimate of drug-likeness (QED) is 0.0487. The SMILES string of the molecule is CCCCCCCCCCCCCCCCCCC(COCC(O)COCCOCCOc1ccccc1C(c1ccccc1)c1ccccc1)OC. The van der Waals surface area contributed by atoms with Crippen LogP contribution in [0.3, 0.4) is 0 Å². The van der Waals surface area contributed by atoms with E-state index >= 15 is 0 Å². The number of hydrogen-bond donors (Lipinski definition) is 1. The van der Waals surface area contributed by atoms with E-state index in [2.05, 4.69) is 67.6 Å². The summed E-state index contributed by atoms with van der Waals surface area (Å²) in [4.78, 5) is 0. The molecular formula is C47H72O6. The van der Waals surface area contributed by atoms with Crippen LogP contribution >= 0.6 is 0 Å². The molecule has 0 bridgehead atoms. The molecule has 296 valence electrons. The molecule has 0 amide bonds. The highest BCUT2D eigenvalue weighted by Gasteiger charge is 2.20. The van der Waals surface area contributed by atoms with Crippen molar-refractivity contribution in [2.75, 3.05) is 53.4 Å². The first-order chi connectivity index (χ1) is 26.2. The van der Waals surface area contributed by atoms with E-state index in [4.69, 9.17) is 23.7 Å². The van der Waals surface area contributed by atoms with Crippen molar-refractivity contribution in [3.63, 3.8) is 0 Å². The maximum Gasteiger partial charge on any atom is 0.123 e. The van der Waals surface area contributed by atoms with Gasteiger partial charge in [-0.1, -0.05) is 189 Å². The first kappa shape index (κ1) is 44.7. The molecule has 3 aromatic carbocycles. The third-order valence-electron chi connectivity index (χ3n) is 9.99. The molecule has 1 N–H and O–H groups in total. The molecule has 0 aromatic heterocycles. The fourth-order valence-corrected chi connectivity index (χ4v) is 6.92. The highest BCUT2D eigenvalue weighted by Crippen LogP contribution is 2.37. The minimum Gasteiger partial charge on any atom is -0.491 e. The van der Waals surface area contributed by atoms with Crippen LogP contribution in [0.25, 0.3) is 0 Å². The summed E-state index contributed by atoms with van der Waals surface area (Å²) in [7, 11) is 1.75. The average Bonchev–Trinajstić information content (AvgIpc) is 3.19. The van der Waals surface area contributed by atoms with Crippen LogP contribution in [0.5, 0.6) is 5.75 Å². The van der Waals surface area contributed by atoms with Gasteiger partial charge in [0.25, 0.3) is 0 Å². The van der Waals surface area contributed by atoms with Gasteiger partial charge in [0.1, 0.15) is 18.5 Å². The van der Waals surface area contributed by atoms with Crippen molar-refractivity contribution in [2.45, 2.75) is 134 Å². The third-order valence-corrected chi connectivity index (χ3v) is 9.99. The Morgan fingerprint density at radius 3 is 1.53 bits per heavy atom. The van der Waals surface area contributed by atoms with Crippen LogP contribution in [-0.4, -0.2) is 70.7 Å². The molecule has 0 radical (unpaired) electrons. The predicted octanol–water partition coefficient (Wildman–Crippen LogP) is 11.3. The lowest BCUT2D eigenvalue weighted by Crippen LogP contribution is -2.26. The van der Waals surface area contributed by atoms with E-state index in [1.54, 1.807) is 7.11 Å². The second-order valence-electron chi connectivity index (χ2n) is 14.5. The van der Waals surface area contributed by atoms with Gasteiger partial charge in [-0.2, -0.15) is 0 Å². The van der Waals surface area contributed by atoms with E-state index in [1.807, 2.05) is 24.3 Å². The fourth-order valence-electron chi connectivity index (χ4n) is 6.92. The second kappa shape index (κ2) is 30.6. The molecular weight excluding hydrogens is 661 g/mol. The van der Waals surface area contributed by atoms with E-state index < -0.39 is 6.10 Å². The highest BCUT2D eigenvalue weighted by atomic mass is 16.6. The number of hydrogen-bond acceptors (Lipinski definition) is 6. The van der Waals surface area contributed by atoms with Gasteiger partial charge in [-0.15, -0.1) is 0 Å². The average molecular weight is 733 g/mol. The zero-order valence-corrected chi connectivity index (χ0v) is 33.3. The summed E-state index contributed by atoms with van der Waals surface area (Å²) in [5.41, 5.74) is 3.57. The second-order valence-corrected chi connectivity index (χ2v) is 14.5. The Balaban J connectivity index is 1.15. The number of ether oxygens (including phenoxy) is 5. The van der Waals surface area contributed by atoms with E-state index in [1.165, 1.54) is 107 Å². The lowest BCUT2D eigenvalue weighted by molar-refractivity contribution is -0.0555. The van der Waals surface area contributed by atoms with Crippen molar-refractivity contribution in [3.8, 4) is 5.75 Å². The Morgan fingerprint density at radius 2 is 0.962 bits per heavy atom. The topological polar surface area (TPSA) is 66.4 Å². The normalized spacial score (nSPS) is 12.7. The largest absolute Gasteiger partial charge is 0.491 e. The van der Waals surface area contributed by atoms with E-state index in [9.17, 15) is 5.11 Å². The smallest absolute Gasteiger partial charge is 0.123 e. The van der Waals surface area contributed by atoms with Crippen LogP contribution in [-0.2, 0) is 18.9 Å². The Bertz CT molecular complexity index is 1200. The number of aliphatic hydroxyl groups is 1. The predicted molar refractivity (Wildman–Crippen MR) is 219 cm³/mol. The molecule has 0 aliphatic rings. The highest BCUT2D eigenvalue weighted by molar-refractivity contribution is 5.49. The van der Waals surface area contributed by atoms with Gasteiger partial charge in [0.05, 0.1) is 45.7 Å². The van der Waals surface area contributed by atoms with Gasteiger partial charge in [0.15, 0.2) is 0 Å². The minimum atomic E-state index is -0.676. The Kier molecular flexibility index (Phi) is 25.8. The molecule has 6 nitrogen and oxygen atoms in total. The van der Waals surface area contributed by atoms with Gasteiger partial charge in [0, 0.05) is 18.6 Å². The fraction of sp³-hybridized carbons (Fsp3) is 0.617. The van der Waals surface area contributed by atoms with Gasteiger partial charge >= 0.3 is 0 Å². The van der Waals surface area contributed by atoms with Crippen molar-refractivity contribution in [2.24, 2.45) is 0 Å². The summed E-state index contributed by atoms with van der Waals surface area (Å²) in [5, 5.41) is 10.3. The monoisotopic (exact) mass is 733 g/mol. The van der Waals surface area contributed by atoms with Gasteiger partial charge < -0.3 is 28.8 Å². The number of rotatable bonds is 34. The maximum absolute atomic E-state index is 10.3. The lowest BCUT2D eigenvalue weighted by Gasteiger charge is -2.22. The maximum atomic E-state index is 10.3. The van der Waals surface area contributed by atoms with Crippen molar-refractivity contribution in [1.29, 1.82) is 0 Å². The van der Waals surface area contributed by atoms with Gasteiger partial charge in [-0.05, 0) is 23.6 Å². The van der Waals surface area contributed by atoms with Gasteiger partial charge in [-0.3, -0.25) is 0 Å². The summed E-state index contributed by atoms with van der Waals surface area (Å²) in [5.74, 6) is 0.927. The molecule has 53 heavy (non-hydrogen) atoms. The zero-order valence-electron chi connectivity index (χ0n) is 33.3. The molecule has 0 aliphatic carbocycles. The molecule has 3 aromatic rings. The summed E-state index contributed by atoms with van der Waals surface area (Å²) >= 11 is 0. The molecule has 2 atom stereocenters. The first-order valence-corrected chi connectivity index (χ1v) is 21.0. The Morgan fingerprint density at radius 1 is 0.491 bits per heavy atom. The van der Waals surface area contributed by atoms with E-state index in [0.717, 1.165) is 24.2 Å². The van der Waals surface area contributed by atoms with Crippen molar-refractivity contribution < 1.29 is 28.8 Å². The number of unbranched alkanes of at least 4 members (excludes halogenated alkanes) is 15.